The number of nitrogens with one attached hydrogen (secondary N) is 2. The maximum atomic E-state index is 10.4. The molecule has 0 aromatic heterocycles. The van der Waals surface area contributed by atoms with E-state index in [0.29, 0.717) is 6.54 Å². The van der Waals surface area contributed by atoms with Crippen molar-refractivity contribution in [1.82, 2.24) is 5.32 Å². The highest BCUT2D eigenvalue weighted by Gasteiger charge is 2.28. The van der Waals surface area contributed by atoms with E-state index in [1.165, 1.54) is 11.1 Å². The average Bonchev–Trinajstić information content (AvgIpc) is 2.26. The predicted molar refractivity (Wildman–Crippen MR) is 71.5 cm³/mol. The van der Waals surface area contributed by atoms with Gasteiger partial charge in [0.25, 0.3) is 0 Å². The standard InChI is InChI=1S/C14H22N2O/c1-11-7-12(2)9-13(8-11)16-10-14(17)3-5-15-6-4-14/h7-9,15-17H,3-6,10H2,1-2H3. The van der Waals surface area contributed by atoms with Crippen molar-refractivity contribution in [2.75, 3.05) is 25.0 Å². The van der Waals surface area contributed by atoms with Gasteiger partial charge in [-0.25, -0.2) is 0 Å². The molecule has 0 spiro atoms. The van der Waals surface area contributed by atoms with Gasteiger partial charge in [0.1, 0.15) is 0 Å². The summed E-state index contributed by atoms with van der Waals surface area (Å²) < 4.78 is 0. The summed E-state index contributed by atoms with van der Waals surface area (Å²) in [6.45, 7) is 6.64. The van der Waals surface area contributed by atoms with Gasteiger partial charge in [0, 0.05) is 12.2 Å². The van der Waals surface area contributed by atoms with E-state index in [0.717, 1.165) is 31.6 Å². The van der Waals surface area contributed by atoms with E-state index >= 15 is 0 Å². The van der Waals surface area contributed by atoms with E-state index < -0.39 is 5.60 Å². The smallest absolute Gasteiger partial charge is 0.0843 e. The summed E-state index contributed by atoms with van der Waals surface area (Å²) in [4.78, 5) is 0. The van der Waals surface area contributed by atoms with Crippen LogP contribution < -0.4 is 10.6 Å². The minimum Gasteiger partial charge on any atom is -0.388 e. The topological polar surface area (TPSA) is 44.3 Å². The summed E-state index contributed by atoms with van der Waals surface area (Å²) in [6.07, 6.45) is 1.65. The average molecular weight is 234 g/mol. The highest BCUT2D eigenvalue weighted by atomic mass is 16.3. The number of anilines is 1. The molecule has 94 valence electrons. The number of rotatable bonds is 3. The Kier molecular flexibility index (Phi) is 3.69. The first-order valence-corrected chi connectivity index (χ1v) is 6.33. The highest BCUT2D eigenvalue weighted by Crippen LogP contribution is 2.20. The zero-order valence-corrected chi connectivity index (χ0v) is 10.7. The van der Waals surface area contributed by atoms with Gasteiger partial charge in [0.2, 0.25) is 0 Å². The zero-order valence-electron chi connectivity index (χ0n) is 10.7. The van der Waals surface area contributed by atoms with Gasteiger partial charge < -0.3 is 15.7 Å². The molecule has 0 amide bonds. The minimum atomic E-state index is -0.553. The predicted octanol–water partition coefficient (Wildman–Crippen LogP) is 1.83. The van der Waals surface area contributed by atoms with E-state index in [-0.39, 0.29) is 0 Å². The van der Waals surface area contributed by atoms with Crippen molar-refractivity contribution in [3.63, 3.8) is 0 Å². The van der Waals surface area contributed by atoms with Crippen molar-refractivity contribution < 1.29 is 5.11 Å². The van der Waals surface area contributed by atoms with E-state index in [9.17, 15) is 5.11 Å². The molecule has 1 heterocycles. The zero-order chi connectivity index (χ0) is 12.3. The lowest BCUT2D eigenvalue weighted by Crippen LogP contribution is -2.46. The molecule has 3 heteroatoms. The third kappa shape index (κ3) is 3.45. The summed E-state index contributed by atoms with van der Waals surface area (Å²) in [6, 6.07) is 6.40. The van der Waals surface area contributed by atoms with Crippen molar-refractivity contribution in [2.24, 2.45) is 0 Å². The maximum Gasteiger partial charge on any atom is 0.0843 e. The lowest BCUT2D eigenvalue weighted by Gasteiger charge is -2.33. The number of hydrogen-bond donors (Lipinski definition) is 3. The Morgan fingerprint density at radius 3 is 2.35 bits per heavy atom. The third-order valence-electron chi connectivity index (χ3n) is 3.38. The molecule has 3 N–H and O–H groups in total. The first-order valence-electron chi connectivity index (χ1n) is 6.33. The van der Waals surface area contributed by atoms with Crippen LogP contribution in [0.3, 0.4) is 0 Å². The second kappa shape index (κ2) is 5.07. The summed E-state index contributed by atoms with van der Waals surface area (Å²) in [7, 11) is 0. The fourth-order valence-electron chi connectivity index (χ4n) is 2.41. The van der Waals surface area contributed by atoms with Crippen LogP contribution in [-0.4, -0.2) is 30.3 Å². The van der Waals surface area contributed by atoms with Gasteiger partial charge in [0.05, 0.1) is 5.60 Å². The molecule has 1 aliphatic rings. The third-order valence-corrected chi connectivity index (χ3v) is 3.38. The molecule has 1 fully saturated rings. The molecular weight excluding hydrogens is 212 g/mol. The van der Waals surface area contributed by atoms with Crippen molar-refractivity contribution in [2.45, 2.75) is 32.3 Å². The molecule has 2 rings (SSSR count). The normalized spacial score (nSPS) is 19.0. The van der Waals surface area contributed by atoms with Crippen LogP contribution in [0.2, 0.25) is 0 Å². The minimum absolute atomic E-state index is 0.553. The summed E-state index contributed by atoms with van der Waals surface area (Å²) in [5.74, 6) is 0. The van der Waals surface area contributed by atoms with Crippen LogP contribution in [0, 0.1) is 13.8 Å². The van der Waals surface area contributed by atoms with Crippen LogP contribution in [0.4, 0.5) is 5.69 Å². The first kappa shape index (κ1) is 12.4. The Morgan fingerprint density at radius 1 is 1.18 bits per heavy atom. The Balaban J connectivity index is 1.96. The number of hydrogen-bond acceptors (Lipinski definition) is 3. The summed E-state index contributed by atoms with van der Waals surface area (Å²) in [5, 5.41) is 17.0. The van der Waals surface area contributed by atoms with E-state index in [1.807, 2.05) is 0 Å². The van der Waals surface area contributed by atoms with Crippen LogP contribution in [0.25, 0.3) is 0 Å². The van der Waals surface area contributed by atoms with Crippen LogP contribution >= 0.6 is 0 Å². The Hall–Kier alpha value is -1.06. The molecule has 17 heavy (non-hydrogen) atoms. The van der Waals surface area contributed by atoms with Crippen molar-refractivity contribution in [3.8, 4) is 0 Å². The van der Waals surface area contributed by atoms with E-state index in [1.54, 1.807) is 0 Å². The molecule has 0 bridgehead atoms. The molecular formula is C14H22N2O. The van der Waals surface area contributed by atoms with Crippen molar-refractivity contribution >= 4 is 5.69 Å². The quantitative estimate of drug-likeness (QED) is 0.747. The van der Waals surface area contributed by atoms with Gasteiger partial charge in [-0.1, -0.05) is 6.07 Å². The molecule has 0 aliphatic carbocycles. The number of benzene rings is 1. The molecule has 1 aromatic rings. The molecule has 0 radical (unpaired) electrons. The fourth-order valence-corrected chi connectivity index (χ4v) is 2.41. The molecule has 0 atom stereocenters. The fraction of sp³-hybridized carbons (Fsp3) is 0.571. The lowest BCUT2D eigenvalue weighted by molar-refractivity contribution is 0.0232. The summed E-state index contributed by atoms with van der Waals surface area (Å²) >= 11 is 0. The van der Waals surface area contributed by atoms with Crippen LogP contribution in [0.5, 0.6) is 0 Å². The highest BCUT2D eigenvalue weighted by molar-refractivity contribution is 5.48. The van der Waals surface area contributed by atoms with E-state index in [4.69, 9.17) is 0 Å². The van der Waals surface area contributed by atoms with Crippen LogP contribution in [0.1, 0.15) is 24.0 Å². The molecule has 0 saturated carbocycles. The molecule has 1 aliphatic heterocycles. The van der Waals surface area contributed by atoms with Crippen LogP contribution in [-0.2, 0) is 0 Å². The van der Waals surface area contributed by atoms with Gasteiger partial charge in [0.15, 0.2) is 0 Å². The second-order valence-electron chi connectivity index (χ2n) is 5.20. The van der Waals surface area contributed by atoms with Gasteiger partial charge in [-0.3, -0.25) is 0 Å². The van der Waals surface area contributed by atoms with Crippen molar-refractivity contribution in [1.29, 1.82) is 0 Å². The molecule has 3 nitrogen and oxygen atoms in total. The van der Waals surface area contributed by atoms with Gasteiger partial charge in [-0.2, -0.15) is 0 Å². The number of aryl methyl sites for hydroxylation is 2. The largest absolute Gasteiger partial charge is 0.388 e. The van der Waals surface area contributed by atoms with E-state index in [2.05, 4.69) is 42.7 Å². The maximum absolute atomic E-state index is 10.4. The molecule has 1 aromatic carbocycles. The Morgan fingerprint density at radius 2 is 1.76 bits per heavy atom. The SMILES string of the molecule is Cc1cc(C)cc(NCC2(O)CCNCC2)c1. The van der Waals surface area contributed by atoms with Crippen molar-refractivity contribution in [3.05, 3.63) is 29.3 Å². The first-order chi connectivity index (χ1) is 8.07. The molecule has 0 unspecified atom stereocenters. The van der Waals surface area contributed by atoms with Crippen LogP contribution in [0.15, 0.2) is 18.2 Å². The monoisotopic (exact) mass is 234 g/mol. The van der Waals surface area contributed by atoms with Gasteiger partial charge in [-0.05, 0) is 63.0 Å². The van der Waals surface area contributed by atoms with Gasteiger partial charge >= 0.3 is 0 Å². The summed E-state index contributed by atoms with van der Waals surface area (Å²) in [5.41, 5.74) is 3.06. The number of aliphatic hydroxyl groups is 1. The Bertz CT molecular complexity index is 364. The molecule has 1 saturated heterocycles. The lowest BCUT2D eigenvalue weighted by atomic mass is 9.92. The van der Waals surface area contributed by atoms with Gasteiger partial charge in [-0.15, -0.1) is 0 Å². The number of piperidine rings is 1. The Labute approximate surface area is 103 Å². The second-order valence-corrected chi connectivity index (χ2v) is 5.20.